The number of nitrogens with zero attached hydrogens (tertiary/aromatic N) is 2. The summed E-state index contributed by atoms with van der Waals surface area (Å²) >= 11 is 0. The third-order valence-corrected chi connectivity index (χ3v) is 5.53. The van der Waals surface area contributed by atoms with Gasteiger partial charge in [0.25, 0.3) is 0 Å². The molecule has 4 heteroatoms. The molecule has 1 saturated carbocycles. The lowest BCUT2D eigenvalue weighted by atomic mass is 9.83. The third-order valence-electron chi connectivity index (χ3n) is 5.53. The van der Waals surface area contributed by atoms with Crippen LogP contribution in [0.2, 0.25) is 0 Å². The van der Waals surface area contributed by atoms with Gasteiger partial charge in [0.15, 0.2) is 0 Å². The van der Waals surface area contributed by atoms with E-state index in [2.05, 4.69) is 46.6 Å². The minimum Gasteiger partial charge on any atom is -0.337 e. The quantitative estimate of drug-likeness (QED) is 0.925. The average Bonchev–Trinajstić information content (AvgIpc) is 2.64. The largest absolute Gasteiger partial charge is 0.337 e. The first kappa shape index (κ1) is 17.0. The van der Waals surface area contributed by atoms with Crippen LogP contribution in [-0.4, -0.2) is 36.0 Å². The zero-order chi connectivity index (χ0) is 16.8. The van der Waals surface area contributed by atoms with Gasteiger partial charge in [-0.25, -0.2) is 0 Å². The lowest BCUT2D eigenvalue weighted by molar-refractivity contribution is -0.124. The van der Waals surface area contributed by atoms with Crippen molar-refractivity contribution in [1.29, 1.82) is 5.26 Å². The molecule has 128 valence electrons. The van der Waals surface area contributed by atoms with Gasteiger partial charge in [-0.1, -0.05) is 49.6 Å². The normalized spacial score (nSPS) is 21.8. The molecule has 24 heavy (non-hydrogen) atoms. The molecule has 3 rings (SSSR count). The molecule has 2 fully saturated rings. The summed E-state index contributed by atoms with van der Waals surface area (Å²) in [7, 11) is 0. The molecule has 1 aromatic rings. The van der Waals surface area contributed by atoms with Gasteiger partial charge in [-0.05, 0) is 50.3 Å². The molecule has 1 aromatic carbocycles. The summed E-state index contributed by atoms with van der Waals surface area (Å²) in [5, 5.41) is 12.5. The fourth-order valence-electron chi connectivity index (χ4n) is 4.08. The Kier molecular flexibility index (Phi) is 5.52. The molecule has 0 bridgehead atoms. The van der Waals surface area contributed by atoms with Gasteiger partial charge in [-0.15, -0.1) is 0 Å². The summed E-state index contributed by atoms with van der Waals surface area (Å²) in [5.74, 6) is 0.617. The first-order valence-electron chi connectivity index (χ1n) is 9.20. The van der Waals surface area contributed by atoms with Crippen LogP contribution < -0.4 is 5.32 Å². The van der Waals surface area contributed by atoms with Crippen LogP contribution in [0, 0.1) is 11.3 Å². The first-order chi connectivity index (χ1) is 11.7. The van der Waals surface area contributed by atoms with Gasteiger partial charge in [0, 0.05) is 0 Å². The molecular formula is C20H27N3O. The van der Waals surface area contributed by atoms with E-state index in [1.54, 1.807) is 0 Å². The number of hydrogen-bond acceptors (Lipinski definition) is 3. The number of nitriles is 1. The van der Waals surface area contributed by atoms with E-state index in [0.29, 0.717) is 12.5 Å². The van der Waals surface area contributed by atoms with Crippen LogP contribution in [0.3, 0.4) is 0 Å². The second-order valence-electron chi connectivity index (χ2n) is 7.26. The van der Waals surface area contributed by atoms with Gasteiger partial charge in [-0.3, -0.25) is 9.69 Å². The Bertz CT molecular complexity index is 579. The van der Waals surface area contributed by atoms with E-state index in [4.69, 9.17) is 0 Å². The number of amides is 1. The fourth-order valence-corrected chi connectivity index (χ4v) is 4.08. The lowest BCUT2D eigenvalue weighted by Crippen LogP contribution is -2.52. The molecular weight excluding hydrogens is 298 g/mol. The van der Waals surface area contributed by atoms with Crippen molar-refractivity contribution in [3.63, 3.8) is 0 Å². The van der Waals surface area contributed by atoms with E-state index in [-0.39, 0.29) is 5.91 Å². The molecule has 1 aliphatic carbocycles. The summed E-state index contributed by atoms with van der Waals surface area (Å²) in [4.78, 5) is 14.6. The summed E-state index contributed by atoms with van der Waals surface area (Å²) < 4.78 is 0. The van der Waals surface area contributed by atoms with Crippen LogP contribution >= 0.6 is 0 Å². The van der Waals surface area contributed by atoms with Gasteiger partial charge in [0.1, 0.15) is 5.54 Å². The third kappa shape index (κ3) is 4.15. The molecule has 0 radical (unpaired) electrons. The smallest absolute Gasteiger partial charge is 0.235 e. The monoisotopic (exact) mass is 325 g/mol. The minimum absolute atomic E-state index is 0.0108. The van der Waals surface area contributed by atoms with Crippen molar-refractivity contribution in [2.24, 2.45) is 0 Å². The van der Waals surface area contributed by atoms with Gasteiger partial charge < -0.3 is 5.32 Å². The van der Waals surface area contributed by atoms with E-state index >= 15 is 0 Å². The summed E-state index contributed by atoms with van der Waals surface area (Å²) in [6.45, 7) is 2.32. The number of piperidine rings is 1. The van der Waals surface area contributed by atoms with Gasteiger partial charge in [0.05, 0.1) is 12.6 Å². The SMILES string of the molecule is N#CC1(NC(=O)CN2CCC(c3ccccc3)CC2)CCCCC1. The molecule has 1 N–H and O–H groups in total. The van der Waals surface area contributed by atoms with Crippen LogP contribution in [0.15, 0.2) is 30.3 Å². The first-order valence-corrected chi connectivity index (χ1v) is 9.20. The highest BCUT2D eigenvalue weighted by Crippen LogP contribution is 2.29. The topological polar surface area (TPSA) is 56.1 Å². The van der Waals surface area contributed by atoms with Crippen molar-refractivity contribution in [2.45, 2.75) is 56.4 Å². The van der Waals surface area contributed by atoms with E-state index in [0.717, 1.165) is 51.6 Å². The average molecular weight is 325 g/mol. The molecule has 1 aliphatic heterocycles. The Labute approximate surface area is 144 Å². The maximum atomic E-state index is 12.4. The Morgan fingerprint density at radius 3 is 2.46 bits per heavy atom. The van der Waals surface area contributed by atoms with Crippen LogP contribution in [0.25, 0.3) is 0 Å². The van der Waals surface area contributed by atoms with E-state index in [9.17, 15) is 10.1 Å². The highest BCUT2D eigenvalue weighted by Gasteiger charge is 2.34. The molecule has 4 nitrogen and oxygen atoms in total. The summed E-state index contributed by atoms with van der Waals surface area (Å²) in [6, 6.07) is 13.0. The Hall–Kier alpha value is -1.86. The predicted octanol–water partition coefficient (Wildman–Crippen LogP) is 3.21. The van der Waals surface area contributed by atoms with Crippen molar-refractivity contribution in [3.05, 3.63) is 35.9 Å². The van der Waals surface area contributed by atoms with Crippen molar-refractivity contribution < 1.29 is 4.79 Å². The highest BCUT2D eigenvalue weighted by molar-refractivity contribution is 5.79. The number of hydrogen-bond donors (Lipinski definition) is 1. The van der Waals surface area contributed by atoms with Crippen molar-refractivity contribution in [1.82, 2.24) is 10.2 Å². The number of carbonyl (C=O) groups is 1. The second-order valence-corrected chi connectivity index (χ2v) is 7.26. The zero-order valence-electron chi connectivity index (χ0n) is 14.3. The second kappa shape index (κ2) is 7.81. The number of likely N-dealkylation sites (tertiary alicyclic amines) is 1. The van der Waals surface area contributed by atoms with E-state index in [1.165, 1.54) is 12.0 Å². The Morgan fingerprint density at radius 1 is 1.17 bits per heavy atom. The molecule has 2 aliphatic rings. The molecule has 0 spiro atoms. The van der Waals surface area contributed by atoms with E-state index in [1.807, 2.05) is 0 Å². The Morgan fingerprint density at radius 2 is 1.83 bits per heavy atom. The molecule has 1 heterocycles. The molecule has 1 amide bonds. The predicted molar refractivity (Wildman–Crippen MR) is 94.4 cm³/mol. The standard InChI is InChI=1S/C20H27N3O/c21-16-20(11-5-2-6-12-20)22-19(24)15-23-13-9-18(10-14-23)17-7-3-1-4-8-17/h1,3-4,7-8,18H,2,5-6,9-15H2,(H,22,24). The Balaban J connectivity index is 1.47. The maximum Gasteiger partial charge on any atom is 0.235 e. The minimum atomic E-state index is -0.613. The van der Waals surface area contributed by atoms with Gasteiger partial charge in [-0.2, -0.15) is 5.26 Å². The number of nitrogens with one attached hydrogen (secondary N) is 1. The molecule has 0 aromatic heterocycles. The van der Waals surface area contributed by atoms with Crippen molar-refractivity contribution in [2.75, 3.05) is 19.6 Å². The summed E-state index contributed by atoms with van der Waals surface area (Å²) in [6.07, 6.45) is 7.04. The van der Waals surface area contributed by atoms with E-state index < -0.39 is 5.54 Å². The van der Waals surface area contributed by atoms with Crippen molar-refractivity contribution in [3.8, 4) is 6.07 Å². The van der Waals surface area contributed by atoms with Crippen LogP contribution in [0.4, 0.5) is 0 Å². The maximum absolute atomic E-state index is 12.4. The van der Waals surface area contributed by atoms with Gasteiger partial charge >= 0.3 is 0 Å². The fraction of sp³-hybridized carbons (Fsp3) is 0.600. The van der Waals surface area contributed by atoms with Crippen LogP contribution in [0.1, 0.15) is 56.4 Å². The van der Waals surface area contributed by atoms with Crippen LogP contribution in [-0.2, 0) is 4.79 Å². The highest BCUT2D eigenvalue weighted by atomic mass is 16.2. The molecule has 0 unspecified atom stereocenters. The summed E-state index contributed by atoms with van der Waals surface area (Å²) in [5.41, 5.74) is 0.796. The molecule has 0 atom stereocenters. The molecule has 1 saturated heterocycles. The van der Waals surface area contributed by atoms with Gasteiger partial charge in [0.2, 0.25) is 5.91 Å². The van der Waals surface area contributed by atoms with Crippen LogP contribution in [0.5, 0.6) is 0 Å². The number of rotatable bonds is 4. The van der Waals surface area contributed by atoms with Crippen molar-refractivity contribution >= 4 is 5.91 Å². The lowest BCUT2D eigenvalue weighted by Gasteiger charge is -2.34. The zero-order valence-corrected chi connectivity index (χ0v) is 14.3. The number of benzene rings is 1. The number of carbonyl (C=O) groups excluding carboxylic acids is 1.